The second kappa shape index (κ2) is 6.65. The molecule has 3 heterocycles. The topological polar surface area (TPSA) is 78.9 Å². The molecule has 6 nitrogen and oxygen atoms in total. The predicted molar refractivity (Wildman–Crippen MR) is 101 cm³/mol. The van der Waals surface area contributed by atoms with Gasteiger partial charge in [0.1, 0.15) is 0 Å². The maximum atomic E-state index is 13.0. The number of fused-ring (bicyclic) bond motifs is 1. The summed E-state index contributed by atoms with van der Waals surface area (Å²) in [6.07, 6.45) is 2.87. The summed E-state index contributed by atoms with van der Waals surface area (Å²) in [6.45, 7) is 2.83. The molecule has 1 amide bonds. The molecule has 3 aromatic rings. The number of furan rings is 2. The smallest absolute Gasteiger partial charge is 0.268 e. The molecule has 0 radical (unpaired) electrons. The Morgan fingerprint density at radius 1 is 1.00 bits per heavy atom. The van der Waals surface area contributed by atoms with Crippen molar-refractivity contribution in [1.29, 1.82) is 0 Å². The van der Waals surface area contributed by atoms with Gasteiger partial charge in [0.2, 0.25) is 0 Å². The first-order valence-corrected chi connectivity index (χ1v) is 9.54. The molecular weight excluding hydrogens is 356 g/mol. The van der Waals surface area contributed by atoms with Gasteiger partial charge in [-0.1, -0.05) is 30.3 Å². The van der Waals surface area contributed by atoms with Crippen molar-refractivity contribution < 1.29 is 18.7 Å². The maximum Gasteiger partial charge on any atom is 0.268 e. The van der Waals surface area contributed by atoms with Crippen LogP contribution in [0.1, 0.15) is 17.1 Å². The Balaban J connectivity index is 1.25. The molecular formula is C22H22N2O4. The highest BCUT2D eigenvalue weighted by Gasteiger charge is 2.58. The van der Waals surface area contributed by atoms with Crippen LogP contribution >= 0.6 is 0 Å². The van der Waals surface area contributed by atoms with E-state index in [4.69, 9.17) is 8.83 Å². The van der Waals surface area contributed by atoms with Gasteiger partial charge in [0.15, 0.2) is 11.5 Å². The molecule has 2 aliphatic rings. The number of likely N-dealkylation sites (tertiary alicyclic amines) is 1. The molecule has 1 saturated heterocycles. The van der Waals surface area contributed by atoms with Gasteiger partial charge in [-0.15, -0.1) is 0 Å². The molecule has 5 rings (SSSR count). The highest BCUT2D eigenvalue weighted by Crippen LogP contribution is 2.46. The van der Waals surface area contributed by atoms with Crippen LogP contribution in [0.15, 0.2) is 76.0 Å². The quantitative estimate of drug-likeness (QED) is 0.688. The molecule has 2 atom stereocenters. The number of aliphatic hydroxyl groups is 1. The van der Waals surface area contributed by atoms with E-state index in [0.717, 1.165) is 19.6 Å². The van der Waals surface area contributed by atoms with Crippen LogP contribution in [0.3, 0.4) is 0 Å². The first-order valence-electron chi connectivity index (χ1n) is 9.54. The lowest BCUT2D eigenvalue weighted by Crippen LogP contribution is -2.47. The zero-order valence-corrected chi connectivity index (χ0v) is 15.3. The van der Waals surface area contributed by atoms with E-state index < -0.39 is 11.5 Å². The van der Waals surface area contributed by atoms with E-state index in [1.807, 2.05) is 6.07 Å². The third kappa shape index (κ3) is 2.85. The minimum atomic E-state index is -1.96. The molecule has 2 aromatic heterocycles. The number of carbonyl (C=O) groups is 1. The fourth-order valence-electron chi connectivity index (χ4n) is 4.37. The van der Waals surface area contributed by atoms with Crippen molar-refractivity contribution >= 4 is 5.91 Å². The summed E-state index contributed by atoms with van der Waals surface area (Å²) in [5.74, 6) is 0.634. The number of benzene rings is 1. The van der Waals surface area contributed by atoms with Crippen molar-refractivity contribution in [1.82, 2.24) is 10.2 Å². The van der Waals surface area contributed by atoms with Gasteiger partial charge in [0, 0.05) is 25.7 Å². The molecule has 144 valence electrons. The lowest BCUT2D eigenvalue weighted by molar-refractivity contribution is -0.140. The maximum absolute atomic E-state index is 13.0. The average molecular weight is 378 g/mol. The molecule has 0 bridgehead atoms. The highest BCUT2D eigenvalue weighted by atomic mass is 16.4. The number of hydrogen-bond donors (Lipinski definition) is 2. The average Bonchev–Trinajstić information content (AvgIpc) is 3.28. The summed E-state index contributed by atoms with van der Waals surface area (Å²) in [4.78, 5) is 15.4. The van der Waals surface area contributed by atoms with Crippen molar-refractivity contribution in [3.8, 4) is 0 Å². The highest BCUT2D eigenvalue weighted by molar-refractivity contribution is 5.89. The lowest BCUT2D eigenvalue weighted by atomic mass is 9.96. The molecule has 1 aliphatic carbocycles. The summed E-state index contributed by atoms with van der Waals surface area (Å²) in [5, 5.41) is 14.2. The third-order valence-corrected chi connectivity index (χ3v) is 5.90. The van der Waals surface area contributed by atoms with E-state index in [0.29, 0.717) is 11.8 Å². The van der Waals surface area contributed by atoms with Gasteiger partial charge in [-0.05, 0) is 41.7 Å². The van der Waals surface area contributed by atoms with Crippen molar-refractivity contribution in [2.24, 2.45) is 11.8 Å². The monoisotopic (exact) mass is 378 g/mol. The van der Waals surface area contributed by atoms with Crippen LogP contribution in [0.5, 0.6) is 0 Å². The Hall–Kier alpha value is -2.83. The van der Waals surface area contributed by atoms with E-state index >= 15 is 0 Å². The van der Waals surface area contributed by atoms with Gasteiger partial charge in [0.25, 0.3) is 11.5 Å². The predicted octanol–water partition coefficient (Wildman–Crippen LogP) is 2.36. The standard InChI is InChI=1S/C22H22N2O4/c25-21(22(26,18-8-4-10-27-18)19-9-5-11-28-19)23-20-16-13-24(14-17(16)20)12-15-6-2-1-3-7-15/h1-11,16-17,20,26H,12-14H2,(H,23,25). The summed E-state index contributed by atoms with van der Waals surface area (Å²) in [5.41, 5.74) is -0.664. The lowest BCUT2D eigenvalue weighted by Gasteiger charge is -2.24. The van der Waals surface area contributed by atoms with Crippen LogP contribution in [0.2, 0.25) is 0 Å². The number of rotatable bonds is 6. The molecule has 28 heavy (non-hydrogen) atoms. The van der Waals surface area contributed by atoms with Crippen LogP contribution in [0.4, 0.5) is 0 Å². The van der Waals surface area contributed by atoms with Crippen LogP contribution in [-0.2, 0) is 16.9 Å². The fraction of sp³-hybridized carbons (Fsp3) is 0.318. The normalized spacial score (nSPS) is 24.1. The van der Waals surface area contributed by atoms with Gasteiger partial charge in [-0.25, -0.2) is 0 Å². The molecule has 1 aromatic carbocycles. The number of nitrogens with one attached hydrogen (secondary N) is 1. The molecule has 2 unspecified atom stereocenters. The van der Waals surface area contributed by atoms with Gasteiger partial charge in [-0.2, -0.15) is 0 Å². The molecule has 0 spiro atoms. The second-order valence-corrected chi connectivity index (χ2v) is 7.67. The Labute approximate surface area is 162 Å². The summed E-state index contributed by atoms with van der Waals surface area (Å²) in [6, 6.07) is 16.9. The van der Waals surface area contributed by atoms with E-state index in [2.05, 4.69) is 34.5 Å². The Morgan fingerprint density at radius 2 is 1.61 bits per heavy atom. The van der Waals surface area contributed by atoms with E-state index in [9.17, 15) is 9.90 Å². The van der Waals surface area contributed by atoms with Crippen LogP contribution in [0.25, 0.3) is 0 Å². The fourth-order valence-corrected chi connectivity index (χ4v) is 4.37. The second-order valence-electron chi connectivity index (χ2n) is 7.67. The minimum Gasteiger partial charge on any atom is -0.465 e. The Kier molecular flexibility index (Phi) is 4.10. The SMILES string of the molecule is O=C(NC1C2CN(Cc3ccccc3)CC21)C(O)(c1ccco1)c1ccco1. The Morgan fingerprint density at radius 3 is 2.14 bits per heavy atom. The van der Waals surface area contributed by atoms with Crippen LogP contribution in [-0.4, -0.2) is 35.0 Å². The number of hydrogen-bond acceptors (Lipinski definition) is 5. The molecule has 6 heteroatoms. The van der Waals surface area contributed by atoms with Gasteiger partial charge in [0.05, 0.1) is 12.5 Å². The van der Waals surface area contributed by atoms with Crippen molar-refractivity contribution in [3.05, 3.63) is 84.2 Å². The number of nitrogens with zero attached hydrogens (tertiary/aromatic N) is 1. The van der Waals surface area contributed by atoms with Crippen LogP contribution in [0, 0.1) is 11.8 Å². The van der Waals surface area contributed by atoms with Crippen molar-refractivity contribution in [2.45, 2.75) is 18.2 Å². The zero-order valence-electron chi connectivity index (χ0n) is 15.3. The summed E-state index contributed by atoms with van der Waals surface area (Å²) in [7, 11) is 0. The third-order valence-electron chi connectivity index (χ3n) is 5.90. The number of carbonyl (C=O) groups excluding carboxylic acids is 1. The summed E-state index contributed by atoms with van der Waals surface area (Å²) >= 11 is 0. The minimum absolute atomic E-state index is 0.0796. The largest absolute Gasteiger partial charge is 0.465 e. The van der Waals surface area contributed by atoms with Gasteiger partial charge in [-0.3, -0.25) is 9.69 Å². The van der Waals surface area contributed by atoms with Crippen LogP contribution < -0.4 is 5.32 Å². The van der Waals surface area contributed by atoms with E-state index in [1.165, 1.54) is 18.1 Å². The summed E-state index contributed by atoms with van der Waals surface area (Å²) < 4.78 is 10.7. The first-order chi connectivity index (χ1) is 13.7. The first kappa shape index (κ1) is 17.3. The number of amides is 1. The molecule has 1 saturated carbocycles. The van der Waals surface area contributed by atoms with Gasteiger partial charge < -0.3 is 19.3 Å². The molecule has 2 N–H and O–H groups in total. The molecule has 1 aliphatic heterocycles. The van der Waals surface area contributed by atoms with Gasteiger partial charge >= 0.3 is 0 Å². The Bertz CT molecular complexity index is 890. The van der Waals surface area contributed by atoms with E-state index in [1.54, 1.807) is 24.3 Å². The number of piperidine rings is 1. The van der Waals surface area contributed by atoms with Crippen molar-refractivity contribution in [2.75, 3.05) is 13.1 Å². The molecule has 2 fully saturated rings. The zero-order chi connectivity index (χ0) is 19.1. The van der Waals surface area contributed by atoms with Crippen molar-refractivity contribution in [3.63, 3.8) is 0 Å². The van der Waals surface area contributed by atoms with E-state index in [-0.39, 0.29) is 17.6 Å².